The third-order valence-electron chi connectivity index (χ3n) is 2.83. The predicted octanol–water partition coefficient (Wildman–Crippen LogP) is 2.92. The van der Waals surface area contributed by atoms with Gasteiger partial charge < -0.3 is 9.47 Å². The van der Waals surface area contributed by atoms with Gasteiger partial charge in [0, 0.05) is 0 Å². The van der Waals surface area contributed by atoms with E-state index in [9.17, 15) is 9.18 Å². The Bertz CT molecular complexity index is 697. The smallest absolute Gasteiger partial charge is 0.277 e. The number of hydrazone groups is 1. The average molecular weight is 328 g/mol. The van der Waals surface area contributed by atoms with Crippen LogP contribution in [0.25, 0.3) is 0 Å². The summed E-state index contributed by atoms with van der Waals surface area (Å²) in [7, 11) is 0. The molecule has 1 N–H and O–H groups in total. The van der Waals surface area contributed by atoms with E-state index in [1.165, 1.54) is 30.5 Å². The summed E-state index contributed by atoms with van der Waals surface area (Å²) in [6, 6.07) is 12.6. The molecule has 0 unspecified atom stereocenters. The van der Waals surface area contributed by atoms with Gasteiger partial charge in [0.2, 0.25) is 0 Å². The molecule has 6 heteroatoms. The molecule has 2 aromatic rings. The standard InChI is InChI=1S/C18H17FN2O3/c1-2-11-23-16-7-3-14(4-8-16)12-20-21-18(22)13-24-17-9-5-15(19)6-10-17/h2-10,12H,1,11,13H2,(H,21,22)/b20-12+. The van der Waals surface area contributed by atoms with Gasteiger partial charge in [-0.25, -0.2) is 9.82 Å². The average Bonchev–Trinajstić information content (AvgIpc) is 2.60. The van der Waals surface area contributed by atoms with Crippen molar-refractivity contribution in [2.24, 2.45) is 5.10 Å². The number of nitrogens with one attached hydrogen (secondary N) is 1. The van der Waals surface area contributed by atoms with Gasteiger partial charge in [0.05, 0.1) is 6.21 Å². The number of hydrogen-bond acceptors (Lipinski definition) is 4. The van der Waals surface area contributed by atoms with Gasteiger partial charge in [-0.2, -0.15) is 5.10 Å². The van der Waals surface area contributed by atoms with E-state index >= 15 is 0 Å². The van der Waals surface area contributed by atoms with Crippen molar-refractivity contribution >= 4 is 12.1 Å². The van der Waals surface area contributed by atoms with E-state index in [0.717, 1.165) is 11.3 Å². The van der Waals surface area contributed by atoms with Gasteiger partial charge in [0.25, 0.3) is 5.91 Å². The van der Waals surface area contributed by atoms with Crippen LogP contribution in [0.4, 0.5) is 4.39 Å². The van der Waals surface area contributed by atoms with Gasteiger partial charge in [-0.15, -0.1) is 0 Å². The molecule has 0 radical (unpaired) electrons. The Hall–Kier alpha value is -3.15. The topological polar surface area (TPSA) is 59.9 Å². The fourth-order valence-electron chi connectivity index (χ4n) is 1.70. The van der Waals surface area contributed by atoms with Crippen molar-refractivity contribution in [1.29, 1.82) is 0 Å². The Morgan fingerprint density at radius 3 is 2.38 bits per heavy atom. The van der Waals surface area contributed by atoms with Crippen molar-refractivity contribution < 1.29 is 18.7 Å². The van der Waals surface area contributed by atoms with Crippen LogP contribution in [0.2, 0.25) is 0 Å². The molecule has 124 valence electrons. The first-order valence-corrected chi connectivity index (χ1v) is 7.21. The number of carbonyl (C=O) groups excluding carboxylic acids is 1. The van der Waals surface area contributed by atoms with Crippen LogP contribution in [-0.4, -0.2) is 25.3 Å². The van der Waals surface area contributed by atoms with E-state index in [0.29, 0.717) is 12.4 Å². The number of carbonyl (C=O) groups is 1. The molecule has 0 heterocycles. The molecule has 0 saturated heterocycles. The molecule has 0 aromatic heterocycles. The maximum Gasteiger partial charge on any atom is 0.277 e. The summed E-state index contributed by atoms with van der Waals surface area (Å²) in [6.07, 6.45) is 3.17. The largest absolute Gasteiger partial charge is 0.490 e. The minimum atomic E-state index is -0.415. The van der Waals surface area contributed by atoms with Crippen molar-refractivity contribution in [3.63, 3.8) is 0 Å². The maximum absolute atomic E-state index is 12.7. The zero-order valence-corrected chi connectivity index (χ0v) is 12.9. The molecule has 0 saturated carbocycles. The summed E-state index contributed by atoms with van der Waals surface area (Å²) in [6.45, 7) is 3.81. The fraction of sp³-hybridized carbons (Fsp3) is 0.111. The molecule has 2 aromatic carbocycles. The van der Waals surface area contributed by atoms with Crippen LogP contribution in [0.3, 0.4) is 0 Å². The summed E-state index contributed by atoms with van der Waals surface area (Å²) < 4.78 is 23.3. The first kappa shape index (κ1) is 17.2. The summed E-state index contributed by atoms with van der Waals surface area (Å²) >= 11 is 0. The van der Waals surface area contributed by atoms with Crippen LogP contribution in [-0.2, 0) is 4.79 Å². The van der Waals surface area contributed by atoms with Crippen molar-refractivity contribution in [3.8, 4) is 11.5 Å². The molecule has 0 atom stereocenters. The predicted molar refractivity (Wildman–Crippen MR) is 89.8 cm³/mol. The second-order valence-corrected chi connectivity index (χ2v) is 4.70. The summed E-state index contributed by atoms with van der Waals surface area (Å²) in [5.74, 6) is 0.355. The van der Waals surface area contributed by atoms with Crippen LogP contribution in [0, 0.1) is 5.82 Å². The lowest BCUT2D eigenvalue weighted by Gasteiger charge is -2.04. The second-order valence-electron chi connectivity index (χ2n) is 4.70. The molecule has 0 aliphatic rings. The van der Waals surface area contributed by atoms with E-state index in [-0.39, 0.29) is 12.4 Å². The normalized spacial score (nSPS) is 10.4. The first-order chi connectivity index (χ1) is 11.7. The van der Waals surface area contributed by atoms with Crippen LogP contribution < -0.4 is 14.9 Å². The Balaban J connectivity index is 1.75. The highest BCUT2D eigenvalue weighted by atomic mass is 19.1. The maximum atomic E-state index is 12.7. The number of benzene rings is 2. The number of amides is 1. The minimum absolute atomic E-state index is 0.211. The fourth-order valence-corrected chi connectivity index (χ4v) is 1.70. The second kappa shape index (κ2) is 9.09. The molecule has 0 bridgehead atoms. The lowest BCUT2D eigenvalue weighted by molar-refractivity contribution is -0.123. The highest BCUT2D eigenvalue weighted by molar-refractivity contribution is 5.83. The summed E-state index contributed by atoms with van der Waals surface area (Å²) in [4.78, 5) is 11.6. The SMILES string of the molecule is C=CCOc1ccc(/C=N/NC(=O)COc2ccc(F)cc2)cc1. The molecule has 0 fully saturated rings. The molecule has 5 nitrogen and oxygen atoms in total. The Morgan fingerprint density at radius 2 is 1.71 bits per heavy atom. The highest BCUT2D eigenvalue weighted by Crippen LogP contribution is 2.11. The van der Waals surface area contributed by atoms with E-state index in [1.54, 1.807) is 18.2 Å². The molecular formula is C18H17FN2O3. The van der Waals surface area contributed by atoms with E-state index in [1.807, 2.05) is 12.1 Å². The molecule has 0 aliphatic carbocycles. The quantitative estimate of drug-likeness (QED) is 0.460. The van der Waals surface area contributed by atoms with Crippen LogP contribution in [0.15, 0.2) is 66.3 Å². The van der Waals surface area contributed by atoms with Crippen LogP contribution >= 0.6 is 0 Å². The minimum Gasteiger partial charge on any atom is -0.490 e. The summed E-state index contributed by atoms with van der Waals surface area (Å²) in [5, 5.41) is 3.84. The molecule has 24 heavy (non-hydrogen) atoms. The molecule has 0 aliphatic heterocycles. The lowest BCUT2D eigenvalue weighted by Crippen LogP contribution is -2.24. The van der Waals surface area contributed by atoms with Gasteiger partial charge in [-0.1, -0.05) is 12.7 Å². The van der Waals surface area contributed by atoms with Crippen molar-refractivity contribution in [2.45, 2.75) is 0 Å². The van der Waals surface area contributed by atoms with E-state index < -0.39 is 5.91 Å². The van der Waals surface area contributed by atoms with Crippen molar-refractivity contribution in [1.82, 2.24) is 5.43 Å². The Labute approximate surface area is 139 Å². The van der Waals surface area contributed by atoms with Crippen LogP contribution in [0.5, 0.6) is 11.5 Å². The first-order valence-electron chi connectivity index (χ1n) is 7.21. The van der Waals surface area contributed by atoms with Gasteiger partial charge in [-0.3, -0.25) is 4.79 Å². The lowest BCUT2D eigenvalue weighted by atomic mass is 10.2. The Kier molecular flexibility index (Phi) is 6.52. The number of halogens is 1. The van der Waals surface area contributed by atoms with Gasteiger partial charge in [0.1, 0.15) is 23.9 Å². The monoisotopic (exact) mass is 328 g/mol. The van der Waals surface area contributed by atoms with Crippen molar-refractivity contribution in [3.05, 3.63) is 72.6 Å². The zero-order valence-electron chi connectivity index (χ0n) is 12.9. The number of rotatable bonds is 8. The Morgan fingerprint density at radius 1 is 1.08 bits per heavy atom. The third kappa shape index (κ3) is 5.92. The number of nitrogens with zero attached hydrogens (tertiary/aromatic N) is 1. The van der Waals surface area contributed by atoms with Gasteiger partial charge in [-0.05, 0) is 54.1 Å². The van der Waals surface area contributed by atoms with Gasteiger partial charge >= 0.3 is 0 Å². The summed E-state index contributed by atoms with van der Waals surface area (Å²) in [5.41, 5.74) is 3.15. The molecule has 0 spiro atoms. The number of ether oxygens (including phenoxy) is 2. The molecule has 1 amide bonds. The number of hydrogen-bond donors (Lipinski definition) is 1. The zero-order chi connectivity index (χ0) is 17.2. The molecule has 2 rings (SSSR count). The third-order valence-corrected chi connectivity index (χ3v) is 2.83. The van der Waals surface area contributed by atoms with Gasteiger partial charge in [0.15, 0.2) is 6.61 Å². The van der Waals surface area contributed by atoms with Crippen LogP contribution in [0.1, 0.15) is 5.56 Å². The van der Waals surface area contributed by atoms with Crippen molar-refractivity contribution in [2.75, 3.05) is 13.2 Å². The van der Waals surface area contributed by atoms with E-state index in [4.69, 9.17) is 9.47 Å². The van der Waals surface area contributed by atoms with E-state index in [2.05, 4.69) is 17.1 Å². The highest BCUT2D eigenvalue weighted by Gasteiger charge is 2.01. The molecular weight excluding hydrogens is 311 g/mol.